The normalized spacial score (nSPS) is 9.50. The molecule has 0 aliphatic rings. The third kappa shape index (κ3) is 1.70. The minimum Gasteiger partial charge on any atom is -0.391 e. The zero-order chi connectivity index (χ0) is 10.7. The standard InChI is InChI=1S/C9H8N2O3/c1-6-2-9(11(13)14)8(5-12)3-7(6)4-10/h2-3,12H,5H2,1H3. The van der Waals surface area contributed by atoms with Crippen molar-refractivity contribution in [3.63, 3.8) is 0 Å². The lowest BCUT2D eigenvalue weighted by Crippen LogP contribution is -1.98. The number of nitro groups is 1. The number of benzene rings is 1. The Morgan fingerprint density at radius 1 is 1.64 bits per heavy atom. The summed E-state index contributed by atoms with van der Waals surface area (Å²) in [6.45, 7) is 1.18. The van der Waals surface area contributed by atoms with Crippen LogP contribution in [0.1, 0.15) is 16.7 Å². The fourth-order valence-corrected chi connectivity index (χ4v) is 1.15. The van der Waals surface area contributed by atoms with Crippen LogP contribution in [0.15, 0.2) is 12.1 Å². The van der Waals surface area contributed by atoms with Gasteiger partial charge in [0.2, 0.25) is 0 Å². The van der Waals surface area contributed by atoms with E-state index in [0.29, 0.717) is 11.1 Å². The summed E-state index contributed by atoms with van der Waals surface area (Å²) >= 11 is 0. The number of hydrogen-bond donors (Lipinski definition) is 1. The molecule has 1 rings (SSSR count). The van der Waals surface area contributed by atoms with E-state index in [0.717, 1.165) is 0 Å². The summed E-state index contributed by atoms with van der Waals surface area (Å²) in [6.07, 6.45) is 0. The van der Waals surface area contributed by atoms with Crippen LogP contribution in [0.5, 0.6) is 0 Å². The van der Waals surface area contributed by atoms with Crippen molar-refractivity contribution in [3.05, 3.63) is 38.9 Å². The van der Waals surface area contributed by atoms with E-state index in [-0.39, 0.29) is 11.3 Å². The van der Waals surface area contributed by atoms with Crippen LogP contribution in [0.3, 0.4) is 0 Å². The van der Waals surface area contributed by atoms with Crippen molar-refractivity contribution in [2.45, 2.75) is 13.5 Å². The summed E-state index contributed by atoms with van der Waals surface area (Å²) in [4.78, 5) is 9.97. The topological polar surface area (TPSA) is 87.2 Å². The van der Waals surface area contributed by atoms with Gasteiger partial charge < -0.3 is 5.11 Å². The van der Waals surface area contributed by atoms with Gasteiger partial charge in [-0.2, -0.15) is 5.26 Å². The van der Waals surface area contributed by atoms with E-state index in [2.05, 4.69) is 0 Å². The number of nitriles is 1. The lowest BCUT2D eigenvalue weighted by molar-refractivity contribution is -0.385. The van der Waals surface area contributed by atoms with E-state index in [9.17, 15) is 10.1 Å². The maximum absolute atomic E-state index is 10.5. The van der Waals surface area contributed by atoms with Crippen molar-refractivity contribution in [3.8, 4) is 6.07 Å². The molecule has 0 atom stereocenters. The van der Waals surface area contributed by atoms with Crippen LogP contribution in [0.25, 0.3) is 0 Å². The summed E-state index contributed by atoms with van der Waals surface area (Å²) in [5.74, 6) is 0. The second kappa shape index (κ2) is 3.85. The second-order valence-electron chi connectivity index (χ2n) is 2.82. The number of nitro benzene ring substituents is 1. The van der Waals surface area contributed by atoms with Gasteiger partial charge >= 0.3 is 0 Å². The fourth-order valence-electron chi connectivity index (χ4n) is 1.15. The van der Waals surface area contributed by atoms with Crippen molar-refractivity contribution in [2.75, 3.05) is 0 Å². The first-order valence-electron chi connectivity index (χ1n) is 3.89. The molecule has 0 aromatic heterocycles. The minimum absolute atomic E-state index is 0.149. The third-order valence-electron chi connectivity index (χ3n) is 1.91. The van der Waals surface area contributed by atoms with E-state index < -0.39 is 11.5 Å². The van der Waals surface area contributed by atoms with Gasteiger partial charge in [-0.15, -0.1) is 0 Å². The molecule has 72 valence electrons. The molecule has 0 unspecified atom stereocenters. The number of rotatable bonds is 2. The van der Waals surface area contributed by atoms with Crippen molar-refractivity contribution in [1.29, 1.82) is 5.26 Å². The summed E-state index contributed by atoms with van der Waals surface area (Å²) < 4.78 is 0. The van der Waals surface area contributed by atoms with Crippen LogP contribution in [-0.2, 0) is 6.61 Å². The van der Waals surface area contributed by atoms with Gasteiger partial charge in [0, 0.05) is 6.07 Å². The molecule has 0 saturated carbocycles. The molecule has 5 nitrogen and oxygen atoms in total. The first-order valence-corrected chi connectivity index (χ1v) is 3.89. The van der Waals surface area contributed by atoms with E-state index in [4.69, 9.17) is 10.4 Å². The Kier molecular flexibility index (Phi) is 2.79. The predicted octanol–water partition coefficient (Wildman–Crippen LogP) is 1.27. The van der Waals surface area contributed by atoms with E-state index in [1.165, 1.54) is 12.1 Å². The maximum Gasteiger partial charge on any atom is 0.275 e. The zero-order valence-electron chi connectivity index (χ0n) is 7.52. The molecule has 0 aliphatic carbocycles. The molecule has 1 aromatic carbocycles. The van der Waals surface area contributed by atoms with Gasteiger partial charge in [-0.25, -0.2) is 0 Å². The number of nitrogens with zero attached hydrogens (tertiary/aromatic N) is 2. The lowest BCUT2D eigenvalue weighted by Gasteiger charge is -2.02. The Hall–Kier alpha value is -1.93. The smallest absolute Gasteiger partial charge is 0.275 e. The molecule has 1 N–H and O–H groups in total. The molecule has 14 heavy (non-hydrogen) atoms. The molecule has 0 amide bonds. The first-order chi connectivity index (χ1) is 6.60. The Bertz CT molecular complexity index is 421. The second-order valence-corrected chi connectivity index (χ2v) is 2.82. The molecule has 0 heterocycles. The van der Waals surface area contributed by atoms with Gasteiger partial charge in [0.25, 0.3) is 5.69 Å². The molecule has 0 spiro atoms. The molecule has 0 radical (unpaired) electrons. The van der Waals surface area contributed by atoms with Crippen molar-refractivity contribution < 1.29 is 10.0 Å². The molecule has 5 heteroatoms. The highest BCUT2D eigenvalue weighted by Crippen LogP contribution is 2.22. The average molecular weight is 192 g/mol. The van der Waals surface area contributed by atoms with Gasteiger partial charge in [-0.05, 0) is 18.6 Å². The molecule has 0 bridgehead atoms. The number of hydrogen-bond acceptors (Lipinski definition) is 4. The van der Waals surface area contributed by atoms with Crippen molar-refractivity contribution >= 4 is 5.69 Å². The number of aryl methyl sites for hydroxylation is 1. The zero-order valence-corrected chi connectivity index (χ0v) is 7.52. The van der Waals surface area contributed by atoms with E-state index >= 15 is 0 Å². The third-order valence-corrected chi connectivity index (χ3v) is 1.91. The molecule has 0 aliphatic heterocycles. The van der Waals surface area contributed by atoms with Gasteiger partial charge in [-0.3, -0.25) is 10.1 Å². The van der Waals surface area contributed by atoms with Crippen LogP contribution in [0.4, 0.5) is 5.69 Å². The maximum atomic E-state index is 10.5. The van der Waals surface area contributed by atoms with Crippen LogP contribution in [0.2, 0.25) is 0 Å². The largest absolute Gasteiger partial charge is 0.391 e. The Morgan fingerprint density at radius 2 is 2.29 bits per heavy atom. The summed E-state index contributed by atoms with van der Waals surface area (Å²) in [7, 11) is 0. The van der Waals surface area contributed by atoms with Crippen LogP contribution < -0.4 is 0 Å². The number of aliphatic hydroxyl groups excluding tert-OH is 1. The van der Waals surface area contributed by atoms with Crippen LogP contribution in [0, 0.1) is 28.4 Å². The highest BCUT2D eigenvalue weighted by atomic mass is 16.6. The molecular weight excluding hydrogens is 184 g/mol. The van der Waals surface area contributed by atoms with Gasteiger partial charge in [-0.1, -0.05) is 0 Å². The lowest BCUT2D eigenvalue weighted by atomic mass is 10.0. The monoisotopic (exact) mass is 192 g/mol. The molecular formula is C9H8N2O3. The number of aliphatic hydroxyl groups is 1. The SMILES string of the molecule is Cc1cc([N+](=O)[O-])c(CO)cc1C#N. The van der Waals surface area contributed by atoms with Crippen molar-refractivity contribution in [1.82, 2.24) is 0 Å². The van der Waals surface area contributed by atoms with E-state index in [1.807, 2.05) is 6.07 Å². The molecule has 0 saturated heterocycles. The highest BCUT2D eigenvalue weighted by molar-refractivity contribution is 5.50. The Labute approximate surface area is 80.4 Å². The van der Waals surface area contributed by atoms with Gasteiger partial charge in [0.05, 0.1) is 28.7 Å². The quantitative estimate of drug-likeness (QED) is 0.564. The molecule has 0 fully saturated rings. The predicted molar refractivity (Wildman–Crippen MR) is 48.5 cm³/mol. The minimum atomic E-state index is -0.570. The summed E-state index contributed by atoms with van der Waals surface area (Å²) in [5, 5.41) is 28.1. The first kappa shape index (κ1) is 10.2. The highest BCUT2D eigenvalue weighted by Gasteiger charge is 2.15. The van der Waals surface area contributed by atoms with Crippen LogP contribution >= 0.6 is 0 Å². The van der Waals surface area contributed by atoms with Gasteiger partial charge in [0.15, 0.2) is 0 Å². The van der Waals surface area contributed by atoms with E-state index in [1.54, 1.807) is 6.92 Å². The molecule has 1 aromatic rings. The average Bonchev–Trinajstić information content (AvgIpc) is 2.17. The fraction of sp³-hybridized carbons (Fsp3) is 0.222. The summed E-state index contributed by atoms with van der Waals surface area (Å²) in [6, 6.07) is 4.54. The van der Waals surface area contributed by atoms with Crippen LogP contribution in [-0.4, -0.2) is 10.0 Å². The van der Waals surface area contributed by atoms with Gasteiger partial charge in [0.1, 0.15) is 0 Å². The van der Waals surface area contributed by atoms with Crippen molar-refractivity contribution in [2.24, 2.45) is 0 Å². The Balaban J connectivity index is 3.41. The summed E-state index contributed by atoms with van der Waals surface area (Å²) in [5.41, 5.74) is 0.900. The Morgan fingerprint density at radius 3 is 2.71 bits per heavy atom.